The number of likely N-dealkylation sites (tertiary alicyclic amines) is 1. The number of carbonyl (C=O) groups excluding carboxylic acids is 1. The first-order valence-electron chi connectivity index (χ1n) is 10.1. The fourth-order valence-electron chi connectivity index (χ4n) is 3.98. The van der Waals surface area contributed by atoms with Crippen LogP contribution in [0.3, 0.4) is 0 Å². The fourth-order valence-corrected chi connectivity index (χ4v) is 4.54. The monoisotopic (exact) mass is 461 g/mol. The Morgan fingerprint density at radius 3 is 2.62 bits per heavy atom. The molecular formula is C22H24FN3O5S. The van der Waals surface area contributed by atoms with Crippen LogP contribution in [0.4, 0.5) is 10.1 Å². The molecule has 2 aromatic rings. The number of sulfonamides is 1. The third-order valence-corrected chi connectivity index (χ3v) is 6.31. The Bertz CT molecular complexity index is 1170. The number of oxime groups is 1. The van der Waals surface area contributed by atoms with Crippen LogP contribution in [0.1, 0.15) is 35.2 Å². The average molecular weight is 462 g/mol. The molecule has 10 heteroatoms. The maximum Gasteiger partial charge on any atom is 0.253 e. The largest absolute Gasteiger partial charge is 0.497 e. The number of anilines is 1. The van der Waals surface area contributed by atoms with Crippen LogP contribution in [-0.4, -0.2) is 57.0 Å². The Kier molecular flexibility index (Phi) is 5.81. The fraction of sp³-hybridized carbons (Fsp3) is 0.364. The number of methoxy groups -OCH3 is 1. The number of hydrogen-bond acceptors (Lipinski definition) is 6. The van der Waals surface area contributed by atoms with Crippen LogP contribution in [0.15, 0.2) is 47.6 Å². The minimum absolute atomic E-state index is 0.165. The number of nitrogens with one attached hydrogen (secondary N) is 1. The molecule has 0 radical (unpaired) electrons. The summed E-state index contributed by atoms with van der Waals surface area (Å²) in [5.41, 5.74) is 1.31. The van der Waals surface area contributed by atoms with E-state index in [-0.39, 0.29) is 17.2 Å². The SMILES string of the molecule is COc1cccc(C2=NOC3(CCN(C(=O)c4ccc(NS(C)(=O)=O)c(F)c4)CC3)C2)c1. The van der Waals surface area contributed by atoms with Gasteiger partial charge in [0.25, 0.3) is 5.91 Å². The van der Waals surface area contributed by atoms with Crippen LogP contribution in [0.2, 0.25) is 0 Å². The Labute approximate surface area is 186 Å². The van der Waals surface area contributed by atoms with Crippen molar-refractivity contribution in [3.63, 3.8) is 0 Å². The highest BCUT2D eigenvalue weighted by Crippen LogP contribution is 2.37. The van der Waals surface area contributed by atoms with Crippen molar-refractivity contribution in [3.8, 4) is 5.75 Å². The van der Waals surface area contributed by atoms with Crippen molar-refractivity contribution in [2.24, 2.45) is 5.16 Å². The highest BCUT2D eigenvalue weighted by atomic mass is 32.2. The van der Waals surface area contributed by atoms with E-state index in [2.05, 4.69) is 9.88 Å². The molecule has 2 aliphatic heterocycles. The summed E-state index contributed by atoms with van der Waals surface area (Å²) in [6, 6.07) is 11.4. The molecule has 0 unspecified atom stereocenters. The molecule has 170 valence electrons. The molecular weight excluding hydrogens is 437 g/mol. The molecule has 0 bridgehead atoms. The number of amides is 1. The van der Waals surface area contributed by atoms with Crippen LogP contribution in [-0.2, 0) is 14.9 Å². The van der Waals surface area contributed by atoms with E-state index >= 15 is 0 Å². The number of halogens is 1. The maximum absolute atomic E-state index is 14.3. The summed E-state index contributed by atoms with van der Waals surface area (Å²) in [7, 11) is -2.00. The van der Waals surface area contributed by atoms with E-state index in [0.717, 1.165) is 29.3 Å². The van der Waals surface area contributed by atoms with E-state index in [1.807, 2.05) is 24.3 Å². The highest BCUT2D eigenvalue weighted by molar-refractivity contribution is 7.92. The van der Waals surface area contributed by atoms with Crippen molar-refractivity contribution in [1.82, 2.24) is 4.90 Å². The zero-order valence-corrected chi connectivity index (χ0v) is 18.6. The summed E-state index contributed by atoms with van der Waals surface area (Å²) >= 11 is 0. The van der Waals surface area contributed by atoms with Crippen LogP contribution >= 0.6 is 0 Å². The second kappa shape index (κ2) is 8.42. The molecule has 4 rings (SSSR count). The lowest BCUT2D eigenvalue weighted by Gasteiger charge is -2.37. The van der Waals surface area contributed by atoms with Crippen LogP contribution in [0.25, 0.3) is 0 Å². The second-order valence-corrected chi connectivity index (χ2v) is 9.83. The minimum Gasteiger partial charge on any atom is -0.497 e. The molecule has 2 aromatic carbocycles. The van der Waals surface area contributed by atoms with Gasteiger partial charge in [-0.3, -0.25) is 9.52 Å². The molecule has 0 aromatic heterocycles. The van der Waals surface area contributed by atoms with Crippen molar-refractivity contribution in [2.45, 2.75) is 24.9 Å². The molecule has 2 aliphatic rings. The van der Waals surface area contributed by atoms with Gasteiger partial charge in [0, 0.05) is 43.5 Å². The van der Waals surface area contributed by atoms with Gasteiger partial charge in [-0.05, 0) is 30.3 Å². The smallest absolute Gasteiger partial charge is 0.253 e. The summed E-state index contributed by atoms with van der Waals surface area (Å²) < 4.78 is 44.2. The summed E-state index contributed by atoms with van der Waals surface area (Å²) in [5, 5.41) is 4.29. The molecule has 2 heterocycles. The second-order valence-electron chi connectivity index (χ2n) is 8.08. The van der Waals surface area contributed by atoms with E-state index in [9.17, 15) is 17.6 Å². The summed E-state index contributed by atoms with van der Waals surface area (Å²) in [5.74, 6) is -0.363. The molecule has 1 spiro atoms. The number of piperidine rings is 1. The van der Waals surface area contributed by atoms with Gasteiger partial charge in [0.15, 0.2) is 0 Å². The van der Waals surface area contributed by atoms with E-state index < -0.39 is 21.4 Å². The third-order valence-electron chi connectivity index (χ3n) is 5.72. The summed E-state index contributed by atoms with van der Waals surface area (Å²) in [6.07, 6.45) is 2.78. The number of hydrogen-bond donors (Lipinski definition) is 1. The predicted molar refractivity (Wildman–Crippen MR) is 118 cm³/mol. The van der Waals surface area contributed by atoms with Crippen LogP contribution < -0.4 is 9.46 Å². The summed E-state index contributed by atoms with van der Waals surface area (Å²) in [6.45, 7) is 0.898. The molecule has 0 aliphatic carbocycles. The highest BCUT2D eigenvalue weighted by Gasteiger charge is 2.43. The zero-order chi connectivity index (χ0) is 22.9. The zero-order valence-electron chi connectivity index (χ0n) is 17.8. The van der Waals surface area contributed by atoms with Crippen molar-refractivity contribution < 1.29 is 27.2 Å². The van der Waals surface area contributed by atoms with Crippen molar-refractivity contribution >= 4 is 27.3 Å². The molecule has 0 atom stereocenters. The number of benzene rings is 2. The van der Waals surface area contributed by atoms with Gasteiger partial charge in [-0.25, -0.2) is 12.8 Å². The lowest BCUT2D eigenvalue weighted by atomic mass is 9.85. The average Bonchev–Trinajstić information content (AvgIpc) is 3.18. The Morgan fingerprint density at radius 2 is 1.97 bits per heavy atom. The standard InChI is InChI=1S/C22H24FN3O5S/c1-30-17-5-3-4-15(12-17)20-14-22(31-24-20)8-10-26(11-9-22)21(27)16-6-7-19(18(23)13-16)25-32(2,28)29/h3-7,12-13,25H,8-11,14H2,1-2H3. The molecule has 1 amide bonds. The Hall–Kier alpha value is -3.14. The molecule has 0 saturated carbocycles. The van der Waals surface area contributed by atoms with E-state index in [1.54, 1.807) is 12.0 Å². The van der Waals surface area contributed by atoms with Crippen LogP contribution in [0, 0.1) is 5.82 Å². The van der Waals surface area contributed by atoms with Crippen molar-refractivity contribution in [2.75, 3.05) is 31.2 Å². The van der Waals surface area contributed by atoms with Crippen molar-refractivity contribution in [1.29, 1.82) is 0 Å². The first-order valence-corrected chi connectivity index (χ1v) is 12.0. The maximum atomic E-state index is 14.3. The van der Waals surface area contributed by atoms with Gasteiger partial charge in [0.05, 0.1) is 24.8 Å². The van der Waals surface area contributed by atoms with Crippen molar-refractivity contribution in [3.05, 3.63) is 59.4 Å². The predicted octanol–water partition coefficient (Wildman–Crippen LogP) is 3.01. The molecule has 1 N–H and O–H groups in total. The normalized spacial score (nSPS) is 17.6. The third kappa shape index (κ3) is 4.69. The van der Waals surface area contributed by atoms with Gasteiger partial charge in [-0.1, -0.05) is 17.3 Å². The van der Waals surface area contributed by atoms with E-state index in [0.29, 0.717) is 32.4 Å². The van der Waals surface area contributed by atoms with Gasteiger partial charge >= 0.3 is 0 Å². The van der Waals surface area contributed by atoms with Crippen LogP contribution in [0.5, 0.6) is 5.75 Å². The Balaban J connectivity index is 1.39. The number of nitrogens with zero attached hydrogens (tertiary/aromatic N) is 2. The van der Waals surface area contributed by atoms with Gasteiger partial charge in [0.2, 0.25) is 10.0 Å². The van der Waals surface area contributed by atoms with E-state index in [4.69, 9.17) is 9.57 Å². The number of ether oxygens (including phenoxy) is 1. The first kappa shape index (κ1) is 22.1. The van der Waals surface area contributed by atoms with Gasteiger partial charge in [-0.15, -0.1) is 0 Å². The molecule has 1 saturated heterocycles. The van der Waals surface area contributed by atoms with Gasteiger partial charge in [-0.2, -0.15) is 0 Å². The topological polar surface area (TPSA) is 97.3 Å². The molecule has 32 heavy (non-hydrogen) atoms. The van der Waals surface area contributed by atoms with Gasteiger partial charge in [0.1, 0.15) is 17.2 Å². The quantitative estimate of drug-likeness (QED) is 0.738. The number of carbonyl (C=O) groups is 1. The lowest BCUT2D eigenvalue weighted by molar-refractivity contribution is -0.0568. The summed E-state index contributed by atoms with van der Waals surface area (Å²) in [4.78, 5) is 20.3. The Morgan fingerprint density at radius 1 is 1.22 bits per heavy atom. The molecule has 1 fully saturated rings. The lowest BCUT2D eigenvalue weighted by Crippen LogP contribution is -2.46. The molecule has 8 nitrogen and oxygen atoms in total. The number of rotatable bonds is 5. The van der Waals surface area contributed by atoms with Gasteiger partial charge < -0.3 is 14.5 Å². The first-order chi connectivity index (χ1) is 15.2. The van der Waals surface area contributed by atoms with E-state index in [1.165, 1.54) is 12.1 Å². The minimum atomic E-state index is -3.61.